The van der Waals surface area contributed by atoms with Crippen molar-refractivity contribution in [1.82, 2.24) is 0 Å². The van der Waals surface area contributed by atoms with Crippen LogP contribution in [0.25, 0.3) is 0 Å². The van der Waals surface area contributed by atoms with E-state index in [9.17, 15) is 33.4 Å². The number of allylic oxidation sites excluding steroid dienone is 2. The van der Waals surface area contributed by atoms with Crippen LogP contribution in [0.2, 0.25) is 0 Å². The number of hydrogen-bond acceptors (Lipinski definition) is 11. The molecule has 0 aromatic carbocycles. The summed E-state index contributed by atoms with van der Waals surface area (Å²) in [6.07, 6.45) is 13.8. The molecule has 392 valence electrons. The molecule has 9 fully saturated rings. The Morgan fingerprint density at radius 2 is 1.56 bits per heavy atom. The Morgan fingerprint density at radius 1 is 0.915 bits per heavy atom. The average Bonchev–Trinajstić information content (AvgIpc) is 3.74. The molecule has 4 N–H and O–H groups in total. The summed E-state index contributed by atoms with van der Waals surface area (Å²) in [6, 6.07) is 0. The molecular weight excluding hydrogens is 928 g/mol. The Bertz CT molecular complexity index is 2380. The SMILES string of the molecule is C=C1C[C@@H](C(C)(C)O)C[C@H]([C@@H](C)[C@H]2CC[C@H]3C4=C(CC[C@]23C)[C@@]23CO[C@@](O)([C@@H](O)C2)C(C)(C)C3[C@@H](OS(=O)(=O)[O-])C4)O[C@H]1CC[C@@H](C)[C@H]1CC[C@H]2C3=C(CC[C@]12C)[C@@]12CO[C@@H]([C@@H](O)C1)C(C)(C)C2=CC3.[Na+]. The van der Waals surface area contributed by atoms with Crippen LogP contribution < -0.4 is 29.6 Å². The Labute approximate surface area is 448 Å². The van der Waals surface area contributed by atoms with Gasteiger partial charge in [-0.15, -0.1) is 0 Å². The van der Waals surface area contributed by atoms with Crippen LogP contribution in [0.15, 0.2) is 46.1 Å². The first kappa shape index (κ1) is 53.9. The van der Waals surface area contributed by atoms with Gasteiger partial charge in [-0.2, -0.15) is 0 Å². The van der Waals surface area contributed by atoms with Crippen LogP contribution in [0.1, 0.15) is 172 Å². The summed E-state index contributed by atoms with van der Waals surface area (Å²) in [6.45, 7) is 27.5. The van der Waals surface area contributed by atoms with Gasteiger partial charge in [0.2, 0.25) is 10.4 Å². The second kappa shape index (κ2) is 17.5. The molecule has 5 heterocycles. The third kappa shape index (κ3) is 7.74. The van der Waals surface area contributed by atoms with Gasteiger partial charge in [-0.3, -0.25) is 4.18 Å². The molecule has 13 aliphatic rings. The van der Waals surface area contributed by atoms with E-state index in [1.807, 2.05) is 27.7 Å². The summed E-state index contributed by atoms with van der Waals surface area (Å²) in [7, 11) is -5.08. The van der Waals surface area contributed by atoms with Crippen LogP contribution in [0, 0.1) is 79.8 Å². The van der Waals surface area contributed by atoms with Crippen molar-refractivity contribution in [2.45, 2.75) is 220 Å². The Morgan fingerprint density at radius 3 is 2.21 bits per heavy atom. The predicted molar refractivity (Wildman–Crippen MR) is 265 cm³/mol. The number of rotatable bonds is 9. The van der Waals surface area contributed by atoms with E-state index in [2.05, 4.69) is 47.6 Å². The molecule has 11 nitrogen and oxygen atoms in total. The largest absolute Gasteiger partial charge is 1.00 e. The minimum absolute atomic E-state index is 0. The number of hydrogen-bond donors (Lipinski definition) is 4. The zero-order chi connectivity index (χ0) is 50.3. The second-order valence-electron chi connectivity index (χ2n) is 28.0. The van der Waals surface area contributed by atoms with Crippen molar-refractivity contribution >= 4 is 10.4 Å². The van der Waals surface area contributed by atoms with E-state index in [0.717, 1.165) is 76.2 Å². The number of fused-ring (bicyclic) bond motifs is 8. The monoisotopic (exact) mass is 1010 g/mol. The zero-order valence-electron chi connectivity index (χ0n) is 45.2. The molecular formula is C58H87NaO11S. The van der Waals surface area contributed by atoms with E-state index in [-0.39, 0.29) is 100 Å². The Balaban J connectivity index is 0.00000582. The molecule has 5 saturated heterocycles. The molecule has 1 unspecified atom stereocenters. The van der Waals surface area contributed by atoms with Gasteiger partial charge in [0.15, 0.2) is 5.79 Å². The summed E-state index contributed by atoms with van der Waals surface area (Å²) >= 11 is 0. The molecule has 0 aromatic rings. The van der Waals surface area contributed by atoms with Crippen LogP contribution in [0.5, 0.6) is 0 Å². The van der Waals surface area contributed by atoms with E-state index >= 15 is 0 Å². The summed E-state index contributed by atoms with van der Waals surface area (Å²) in [5.41, 5.74) is 5.31. The van der Waals surface area contributed by atoms with Gasteiger partial charge in [0.1, 0.15) is 6.10 Å². The van der Waals surface area contributed by atoms with Crippen molar-refractivity contribution in [2.75, 3.05) is 13.2 Å². The first-order chi connectivity index (χ1) is 32.5. The van der Waals surface area contributed by atoms with Crippen molar-refractivity contribution in [3.63, 3.8) is 0 Å². The molecule has 2 spiro atoms. The van der Waals surface area contributed by atoms with Gasteiger partial charge >= 0.3 is 29.6 Å². The quantitative estimate of drug-likeness (QED) is 0.0844. The Hall–Kier alpha value is -0.450. The molecule has 19 atom stereocenters. The van der Waals surface area contributed by atoms with Gasteiger partial charge < -0.3 is 39.2 Å². The normalized spacial score (nSPS) is 48.3. The van der Waals surface area contributed by atoms with Crippen molar-refractivity contribution in [1.29, 1.82) is 0 Å². The molecule has 5 aliphatic heterocycles. The number of aliphatic hydroxyl groups excluding tert-OH is 2. The minimum atomic E-state index is -5.08. The van der Waals surface area contributed by atoms with Crippen LogP contribution >= 0.6 is 0 Å². The summed E-state index contributed by atoms with van der Waals surface area (Å²) in [5.74, 6) is -0.156. The minimum Gasteiger partial charge on any atom is -0.726 e. The second-order valence-corrected chi connectivity index (χ2v) is 29.0. The van der Waals surface area contributed by atoms with Crippen molar-refractivity contribution in [2.24, 2.45) is 79.8 Å². The predicted octanol–water partition coefficient (Wildman–Crippen LogP) is 6.65. The first-order valence-corrected chi connectivity index (χ1v) is 29.1. The van der Waals surface area contributed by atoms with Gasteiger partial charge in [0.25, 0.3) is 0 Å². The van der Waals surface area contributed by atoms with Crippen molar-refractivity contribution in [3.05, 3.63) is 46.1 Å². The van der Waals surface area contributed by atoms with Crippen LogP contribution in [-0.2, 0) is 28.8 Å². The van der Waals surface area contributed by atoms with Crippen molar-refractivity contribution < 1.29 is 81.3 Å². The molecule has 13 rings (SSSR count). The van der Waals surface area contributed by atoms with Gasteiger partial charge in [-0.05, 0) is 174 Å². The maximum Gasteiger partial charge on any atom is 1.00 e. The number of ether oxygens (including phenoxy) is 3. The molecule has 8 aliphatic carbocycles. The van der Waals surface area contributed by atoms with E-state index in [4.69, 9.17) is 25.0 Å². The molecule has 13 heteroatoms. The summed E-state index contributed by atoms with van der Waals surface area (Å²) < 4.78 is 63.0. The van der Waals surface area contributed by atoms with Crippen LogP contribution in [0.4, 0.5) is 0 Å². The maximum atomic E-state index is 12.4. The zero-order valence-corrected chi connectivity index (χ0v) is 48.0. The van der Waals surface area contributed by atoms with Crippen LogP contribution in [0.3, 0.4) is 0 Å². The molecule has 4 bridgehead atoms. The fourth-order valence-corrected chi connectivity index (χ4v) is 21.0. The fraction of sp³-hybridized carbons (Fsp3) is 0.862. The number of aliphatic hydroxyl groups is 4. The van der Waals surface area contributed by atoms with Crippen molar-refractivity contribution in [3.8, 4) is 0 Å². The first-order valence-electron chi connectivity index (χ1n) is 27.7. The van der Waals surface area contributed by atoms with Gasteiger partial charge in [-0.25, -0.2) is 8.42 Å². The molecule has 71 heavy (non-hydrogen) atoms. The summed E-state index contributed by atoms with van der Waals surface area (Å²) in [4.78, 5) is 0. The summed E-state index contributed by atoms with van der Waals surface area (Å²) in [5, 5.41) is 46.3. The smallest absolute Gasteiger partial charge is 0.726 e. The standard InChI is InChI=1S/C58H88O11S.Na/c1-31(37-14-16-39-35-13-19-47-51(4,5)50-43(59)27-56(47,29-66-50)41(35)20-22-54(37,39)10)12-18-44-32(2)24-34(53(8,9)61)25-45(68-44)33(3)38-15-17-40-36-26-46(69-70(63,64)65)49-52(6,7)58(62)48(60)28-57(49,30-67-58)42(36)21-23-55(38,40)11;/h19,31,33-34,37-40,43-46,48-50,59-62H,2,12-18,20-30H2,1,3-11H3,(H,63,64,65);/q;+1/p-1/t31-,33+,34-,37-,38-,39+,40+,43+,44+,45-,46+,48+,49?,50+,54-,55-,56+,57+,58+;/m1./s1. The average molecular weight is 1020 g/mol. The molecule has 0 radical (unpaired) electrons. The third-order valence-electron chi connectivity index (χ3n) is 23.8. The van der Waals surface area contributed by atoms with Gasteiger partial charge in [0.05, 0.1) is 49.3 Å². The topological polar surface area (TPSA) is 175 Å². The van der Waals surface area contributed by atoms with Gasteiger partial charge in [-0.1, -0.05) is 95.9 Å². The van der Waals surface area contributed by atoms with Gasteiger partial charge in [0, 0.05) is 27.6 Å². The van der Waals surface area contributed by atoms with E-state index in [0.29, 0.717) is 36.7 Å². The Kier molecular flexibility index (Phi) is 13.3. The fourth-order valence-electron chi connectivity index (χ4n) is 20.5. The van der Waals surface area contributed by atoms with E-state index < -0.39 is 56.8 Å². The molecule has 4 saturated carbocycles. The molecule has 0 aromatic heterocycles. The van der Waals surface area contributed by atoms with E-state index in [1.165, 1.54) is 36.0 Å². The third-order valence-corrected chi connectivity index (χ3v) is 24.3. The van der Waals surface area contributed by atoms with E-state index in [1.54, 1.807) is 11.1 Å². The molecule has 0 amide bonds. The van der Waals surface area contributed by atoms with Crippen LogP contribution in [-0.4, -0.2) is 94.6 Å². The maximum absolute atomic E-state index is 12.4.